The van der Waals surface area contributed by atoms with Crippen LogP contribution in [0.1, 0.15) is 30.1 Å². The number of hydrogen-bond acceptors (Lipinski definition) is 4. The fraction of sp³-hybridized carbons (Fsp3) is 0.562. The Morgan fingerprint density at radius 1 is 1.39 bits per heavy atom. The number of nitrogens with zero attached hydrogens (tertiary/aromatic N) is 2. The molecule has 1 amide bonds. The lowest BCUT2D eigenvalue weighted by molar-refractivity contribution is -0.902. The number of nitrogens with one attached hydrogen (secondary N) is 2. The van der Waals surface area contributed by atoms with Crippen LogP contribution in [-0.4, -0.2) is 54.5 Å². The number of anilines is 1. The maximum Gasteiger partial charge on any atom is 0.293 e. The number of amides is 1. The van der Waals surface area contributed by atoms with Gasteiger partial charge in [-0.15, -0.1) is 0 Å². The molecule has 7 heteroatoms. The summed E-state index contributed by atoms with van der Waals surface area (Å²) in [4.78, 5) is 26.8. The largest absolute Gasteiger partial charge is 0.377 e. The molecule has 0 spiro atoms. The molecule has 0 unspecified atom stereocenters. The van der Waals surface area contributed by atoms with Crippen molar-refractivity contribution in [1.82, 2.24) is 4.90 Å². The maximum absolute atomic E-state index is 12.6. The maximum atomic E-state index is 12.6. The molecule has 124 valence electrons. The molecule has 2 fully saturated rings. The van der Waals surface area contributed by atoms with Gasteiger partial charge in [-0.3, -0.25) is 14.9 Å². The molecule has 1 aromatic rings. The Morgan fingerprint density at radius 2 is 2.09 bits per heavy atom. The molecule has 1 saturated carbocycles. The Labute approximate surface area is 135 Å². The molecule has 0 radical (unpaired) electrons. The Morgan fingerprint density at radius 3 is 2.65 bits per heavy atom. The minimum atomic E-state index is -0.416. The molecule has 1 aliphatic heterocycles. The average Bonchev–Trinajstić information content (AvgIpc) is 3.38. The van der Waals surface area contributed by atoms with Gasteiger partial charge in [0.2, 0.25) is 0 Å². The molecule has 2 N–H and O–H groups in total. The third-order valence-corrected chi connectivity index (χ3v) is 4.64. The van der Waals surface area contributed by atoms with Gasteiger partial charge < -0.3 is 15.1 Å². The highest BCUT2D eigenvalue weighted by molar-refractivity contribution is 5.95. The first-order valence-corrected chi connectivity index (χ1v) is 8.26. The SMILES string of the molecule is CC[NH+]1CCN(C(=O)c2ccc(NC3CC3)c([N+](=O)[O-])c2)CC1. The summed E-state index contributed by atoms with van der Waals surface area (Å²) in [6, 6.07) is 5.10. The minimum absolute atomic E-state index is 0.0134. The average molecular weight is 319 g/mol. The summed E-state index contributed by atoms with van der Waals surface area (Å²) in [5.74, 6) is -0.110. The summed E-state index contributed by atoms with van der Waals surface area (Å²) in [6.07, 6.45) is 2.09. The van der Waals surface area contributed by atoms with E-state index in [4.69, 9.17) is 0 Å². The van der Waals surface area contributed by atoms with Crippen LogP contribution in [-0.2, 0) is 0 Å². The van der Waals surface area contributed by atoms with Gasteiger partial charge in [-0.25, -0.2) is 0 Å². The molecular weight excluding hydrogens is 296 g/mol. The van der Waals surface area contributed by atoms with Gasteiger partial charge >= 0.3 is 0 Å². The number of carbonyl (C=O) groups is 1. The van der Waals surface area contributed by atoms with Crippen molar-refractivity contribution in [2.45, 2.75) is 25.8 Å². The number of piperazine rings is 1. The topological polar surface area (TPSA) is 79.9 Å². The van der Waals surface area contributed by atoms with Gasteiger partial charge in [0.05, 0.1) is 37.6 Å². The predicted molar refractivity (Wildman–Crippen MR) is 86.9 cm³/mol. The van der Waals surface area contributed by atoms with E-state index in [9.17, 15) is 14.9 Å². The number of nitro groups is 1. The van der Waals surface area contributed by atoms with Crippen LogP contribution in [0.3, 0.4) is 0 Å². The van der Waals surface area contributed by atoms with Crippen LogP contribution in [0.2, 0.25) is 0 Å². The summed E-state index contributed by atoms with van der Waals surface area (Å²) >= 11 is 0. The quantitative estimate of drug-likeness (QED) is 0.613. The molecule has 1 aliphatic carbocycles. The standard InChI is InChI=1S/C16H22N4O3/c1-2-18-7-9-19(10-8-18)16(21)12-3-6-14(17-13-4-5-13)15(11-12)20(22)23/h3,6,11,13,17H,2,4-5,7-10H2,1H3/p+1. The fourth-order valence-electron chi connectivity index (χ4n) is 2.95. The lowest BCUT2D eigenvalue weighted by Gasteiger charge is -2.31. The van der Waals surface area contributed by atoms with Gasteiger partial charge in [-0.1, -0.05) is 0 Å². The van der Waals surface area contributed by atoms with E-state index < -0.39 is 4.92 Å². The second-order valence-electron chi connectivity index (χ2n) is 6.30. The molecule has 1 aromatic carbocycles. The zero-order valence-electron chi connectivity index (χ0n) is 13.4. The number of quaternary nitrogens is 1. The van der Waals surface area contributed by atoms with Crippen molar-refractivity contribution in [3.05, 3.63) is 33.9 Å². The van der Waals surface area contributed by atoms with Crippen LogP contribution < -0.4 is 10.2 Å². The molecule has 1 saturated heterocycles. The van der Waals surface area contributed by atoms with E-state index in [1.807, 2.05) is 0 Å². The van der Waals surface area contributed by atoms with Gasteiger partial charge in [-0.05, 0) is 31.9 Å². The molecule has 3 rings (SSSR count). The van der Waals surface area contributed by atoms with E-state index in [-0.39, 0.29) is 11.6 Å². The third kappa shape index (κ3) is 3.61. The highest BCUT2D eigenvalue weighted by atomic mass is 16.6. The minimum Gasteiger partial charge on any atom is -0.377 e. The van der Waals surface area contributed by atoms with Crippen molar-refractivity contribution in [3.8, 4) is 0 Å². The molecule has 7 nitrogen and oxygen atoms in total. The Balaban J connectivity index is 1.75. The Kier molecular flexibility index (Phi) is 4.47. The molecule has 0 atom stereocenters. The van der Waals surface area contributed by atoms with Crippen molar-refractivity contribution in [2.75, 3.05) is 38.0 Å². The highest BCUT2D eigenvalue weighted by Crippen LogP contribution is 2.31. The summed E-state index contributed by atoms with van der Waals surface area (Å²) in [6.45, 7) is 6.49. The number of likely N-dealkylation sites (N-methyl/N-ethyl adjacent to an activating group) is 1. The molecule has 1 heterocycles. The van der Waals surface area contributed by atoms with Crippen molar-refractivity contribution in [2.24, 2.45) is 0 Å². The van der Waals surface area contributed by atoms with Crippen LogP contribution >= 0.6 is 0 Å². The van der Waals surface area contributed by atoms with Gasteiger partial charge in [0.15, 0.2) is 0 Å². The zero-order chi connectivity index (χ0) is 16.4. The van der Waals surface area contributed by atoms with Crippen LogP contribution in [0.25, 0.3) is 0 Å². The Bertz CT molecular complexity index is 607. The molecular formula is C16H23N4O3+. The normalized spacial score (nSPS) is 18.7. The van der Waals surface area contributed by atoms with Gasteiger partial charge in [0.25, 0.3) is 11.6 Å². The van der Waals surface area contributed by atoms with Crippen LogP contribution in [0.5, 0.6) is 0 Å². The summed E-state index contributed by atoms with van der Waals surface area (Å²) in [5.41, 5.74) is 0.896. The van der Waals surface area contributed by atoms with E-state index in [2.05, 4.69) is 12.2 Å². The van der Waals surface area contributed by atoms with Gasteiger partial charge in [-0.2, -0.15) is 0 Å². The first-order valence-electron chi connectivity index (χ1n) is 8.26. The van der Waals surface area contributed by atoms with E-state index in [1.165, 1.54) is 11.0 Å². The Hall–Kier alpha value is -2.15. The van der Waals surface area contributed by atoms with Crippen molar-refractivity contribution < 1.29 is 14.6 Å². The van der Waals surface area contributed by atoms with Gasteiger partial charge in [0, 0.05) is 17.7 Å². The highest BCUT2D eigenvalue weighted by Gasteiger charge is 2.28. The number of nitro benzene ring substituents is 1. The van der Waals surface area contributed by atoms with Crippen LogP contribution in [0.4, 0.5) is 11.4 Å². The van der Waals surface area contributed by atoms with Crippen LogP contribution in [0, 0.1) is 10.1 Å². The molecule has 0 aromatic heterocycles. The van der Waals surface area contributed by atoms with Crippen molar-refractivity contribution in [1.29, 1.82) is 0 Å². The van der Waals surface area contributed by atoms with Crippen molar-refractivity contribution >= 4 is 17.3 Å². The second-order valence-corrected chi connectivity index (χ2v) is 6.30. The molecule has 0 bridgehead atoms. The summed E-state index contributed by atoms with van der Waals surface area (Å²) in [7, 11) is 0. The summed E-state index contributed by atoms with van der Waals surface area (Å²) < 4.78 is 0. The lowest BCUT2D eigenvalue weighted by Crippen LogP contribution is -3.14. The molecule has 2 aliphatic rings. The van der Waals surface area contributed by atoms with Gasteiger partial charge in [0.1, 0.15) is 5.69 Å². The third-order valence-electron chi connectivity index (χ3n) is 4.64. The first-order chi connectivity index (χ1) is 11.1. The number of rotatable bonds is 5. The monoisotopic (exact) mass is 319 g/mol. The fourth-order valence-corrected chi connectivity index (χ4v) is 2.95. The number of carbonyl (C=O) groups excluding carboxylic acids is 1. The van der Waals surface area contributed by atoms with Crippen LogP contribution in [0.15, 0.2) is 18.2 Å². The van der Waals surface area contributed by atoms with E-state index in [1.54, 1.807) is 17.0 Å². The first kappa shape index (κ1) is 15.7. The zero-order valence-corrected chi connectivity index (χ0v) is 13.4. The summed E-state index contributed by atoms with van der Waals surface area (Å²) in [5, 5.41) is 14.4. The predicted octanol–water partition coefficient (Wildman–Crippen LogP) is 0.530. The van der Waals surface area contributed by atoms with Crippen molar-refractivity contribution in [3.63, 3.8) is 0 Å². The molecule has 23 heavy (non-hydrogen) atoms. The number of hydrogen-bond donors (Lipinski definition) is 2. The van der Waals surface area contributed by atoms with E-state index in [0.29, 0.717) is 30.4 Å². The van der Waals surface area contributed by atoms with E-state index in [0.717, 1.165) is 32.5 Å². The van der Waals surface area contributed by atoms with E-state index >= 15 is 0 Å². The lowest BCUT2D eigenvalue weighted by atomic mass is 10.1. The second kappa shape index (κ2) is 6.54. The smallest absolute Gasteiger partial charge is 0.293 e. The number of benzene rings is 1.